The Kier molecular flexibility index (Phi) is 14.3. The van der Waals surface area contributed by atoms with Crippen LogP contribution in [-0.2, 0) is 20.8 Å². The monoisotopic (exact) mass is 488 g/mol. The van der Waals surface area contributed by atoms with Gasteiger partial charge in [0.2, 0.25) is 0 Å². The summed E-state index contributed by atoms with van der Waals surface area (Å²) in [5.74, 6) is 0. The fourth-order valence-electron chi connectivity index (χ4n) is 5.64. The second kappa shape index (κ2) is 17.5. The Labute approximate surface area is 215 Å². The van der Waals surface area contributed by atoms with Gasteiger partial charge in [0.15, 0.2) is 0 Å². The normalized spacial score (nSPS) is 25.3. The first-order chi connectivity index (χ1) is 17.3. The van der Waals surface area contributed by atoms with E-state index in [-0.39, 0.29) is 30.5 Å². The molecule has 1 aromatic carbocycles. The average Bonchev–Trinajstić information content (AvgIpc) is 3.55. The molecule has 200 valence electrons. The highest BCUT2D eigenvalue weighted by Crippen LogP contribution is 2.33. The smallest absolute Gasteiger partial charge is 0.0842 e. The minimum atomic E-state index is -0.325. The molecule has 35 heavy (non-hydrogen) atoms. The van der Waals surface area contributed by atoms with Crippen molar-refractivity contribution in [1.82, 2.24) is 0 Å². The van der Waals surface area contributed by atoms with Gasteiger partial charge in [0.1, 0.15) is 0 Å². The van der Waals surface area contributed by atoms with Crippen LogP contribution in [0.4, 0.5) is 0 Å². The third-order valence-corrected chi connectivity index (χ3v) is 7.84. The van der Waals surface area contributed by atoms with Crippen molar-refractivity contribution >= 4 is 0 Å². The van der Waals surface area contributed by atoms with Gasteiger partial charge in [0.05, 0.1) is 43.7 Å². The zero-order chi connectivity index (χ0) is 24.6. The van der Waals surface area contributed by atoms with Gasteiger partial charge in [0.25, 0.3) is 0 Å². The second-order valence-electron chi connectivity index (χ2n) is 10.9. The molecule has 2 saturated heterocycles. The second-order valence-corrected chi connectivity index (χ2v) is 10.9. The summed E-state index contributed by atoms with van der Waals surface area (Å²) < 4.78 is 18.4. The standard InChI is InChI=1S/C31H52O4/c1-2-3-4-5-6-7-8-9-10-11-12-16-19-28(32)29-22-23-31(35-29)30-21-20-27(34-30)25-33-24-26-17-14-13-15-18-26/h13-15,17-18,27-32H,2-12,16,19-25H2,1H3/t27-,28-,29-,30-,31-/m1/s1. The largest absolute Gasteiger partial charge is 0.390 e. The number of benzene rings is 1. The lowest BCUT2D eigenvalue weighted by atomic mass is 10.0. The van der Waals surface area contributed by atoms with Crippen molar-refractivity contribution in [3.63, 3.8) is 0 Å². The molecule has 2 aliphatic rings. The van der Waals surface area contributed by atoms with Gasteiger partial charge in [-0.05, 0) is 37.7 Å². The van der Waals surface area contributed by atoms with Crippen LogP contribution in [0.1, 0.15) is 122 Å². The van der Waals surface area contributed by atoms with Gasteiger partial charge in [0, 0.05) is 0 Å². The van der Waals surface area contributed by atoms with E-state index in [1.165, 1.54) is 76.2 Å². The van der Waals surface area contributed by atoms with Crippen LogP contribution in [-0.4, -0.2) is 42.2 Å². The van der Waals surface area contributed by atoms with Crippen LogP contribution in [0.5, 0.6) is 0 Å². The first-order valence-electron chi connectivity index (χ1n) is 14.9. The highest BCUT2D eigenvalue weighted by atomic mass is 16.6. The molecule has 2 heterocycles. The van der Waals surface area contributed by atoms with Crippen molar-refractivity contribution in [2.24, 2.45) is 0 Å². The van der Waals surface area contributed by atoms with Crippen molar-refractivity contribution in [3.8, 4) is 0 Å². The Morgan fingerprint density at radius 1 is 0.771 bits per heavy atom. The van der Waals surface area contributed by atoms with E-state index < -0.39 is 0 Å². The number of aliphatic hydroxyl groups is 1. The Balaban J connectivity index is 1.16. The molecule has 1 N–H and O–H groups in total. The van der Waals surface area contributed by atoms with E-state index in [2.05, 4.69) is 19.1 Å². The van der Waals surface area contributed by atoms with E-state index >= 15 is 0 Å². The van der Waals surface area contributed by atoms with E-state index in [9.17, 15) is 5.11 Å². The number of unbranched alkanes of at least 4 members (excludes halogenated alkanes) is 11. The van der Waals surface area contributed by atoms with Gasteiger partial charge in [-0.25, -0.2) is 0 Å². The van der Waals surface area contributed by atoms with E-state index in [0.717, 1.165) is 38.5 Å². The highest BCUT2D eigenvalue weighted by Gasteiger charge is 2.39. The molecular weight excluding hydrogens is 436 g/mol. The van der Waals surface area contributed by atoms with Crippen LogP contribution >= 0.6 is 0 Å². The highest BCUT2D eigenvalue weighted by molar-refractivity contribution is 5.13. The summed E-state index contributed by atoms with van der Waals surface area (Å²) in [6.07, 6.45) is 21.2. The maximum Gasteiger partial charge on any atom is 0.0842 e. The Morgan fingerprint density at radius 3 is 2.06 bits per heavy atom. The molecule has 0 aromatic heterocycles. The summed E-state index contributed by atoms with van der Waals surface area (Å²) in [5.41, 5.74) is 1.20. The molecule has 2 aliphatic heterocycles. The molecule has 2 fully saturated rings. The third kappa shape index (κ3) is 11.3. The maximum atomic E-state index is 10.7. The Morgan fingerprint density at radius 2 is 1.37 bits per heavy atom. The molecular formula is C31H52O4. The molecule has 3 rings (SSSR count). The summed E-state index contributed by atoms with van der Waals surface area (Å²) in [6.45, 7) is 3.56. The molecule has 0 aliphatic carbocycles. The van der Waals surface area contributed by atoms with Gasteiger partial charge in [-0.3, -0.25) is 0 Å². The predicted molar refractivity (Wildman–Crippen MR) is 144 cm³/mol. The summed E-state index contributed by atoms with van der Waals surface area (Å²) in [4.78, 5) is 0. The average molecular weight is 489 g/mol. The topological polar surface area (TPSA) is 47.9 Å². The SMILES string of the molecule is CCCCCCCCCCCCCC[C@@H](O)[C@H]1CC[C@H]([C@H]2CC[C@H](COCc3ccccc3)O2)O1. The van der Waals surface area contributed by atoms with Gasteiger partial charge < -0.3 is 19.3 Å². The summed E-state index contributed by atoms with van der Waals surface area (Å²) in [6, 6.07) is 10.3. The van der Waals surface area contributed by atoms with Crippen LogP contribution in [0, 0.1) is 0 Å². The zero-order valence-corrected chi connectivity index (χ0v) is 22.4. The first kappa shape index (κ1) is 28.6. The van der Waals surface area contributed by atoms with Gasteiger partial charge in [-0.2, -0.15) is 0 Å². The molecule has 0 spiro atoms. The third-order valence-electron chi connectivity index (χ3n) is 7.84. The van der Waals surface area contributed by atoms with E-state index in [1.54, 1.807) is 0 Å². The lowest BCUT2D eigenvalue weighted by Gasteiger charge is -2.23. The molecule has 0 saturated carbocycles. The fraction of sp³-hybridized carbons (Fsp3) is 0.806. The van der Waals surface area contributed by atoms with Gasteiger partial charge in [-0.15, -0.1) is 0 Å². The number of hydrogen-bond donors (Lipinski definition) is 1. The van der Waals surface area contributed by atoms with Crippen molar-refractivity contribution in [2.45, 2.75) is 153 Å². The molecule has 4 nitrogen and oxygen atoms in total. The van der Waals surface area contributed by atoms with Crippen LogP contribution in [0.25, 0.3) is 0 Å². The van der Waals surface area contributed by atoms with Crippen LogP contribution < -0.4 is 0 Å². The van der Waals surface area contributed by atoms with Crippen molar-refractivity contribution < 1.29 is 19.3 Å². The minimum absolute atomic E-state index is 0.00955. The number of hydrogen-bond acceptors (Lipinski definition) is 4. The van der Waals surface area contributed by atoms with E-state index in [4.69, 9.17) is 14.2 Å². The molecule has 0 radical (unpaired) electrons. The van der Waals surface area contributed by atoms with Crippen LogP contribution in [0.3, 0.4) is 0 Å². The molecule has 0 amide bonds. The van der Waals surface area contributed by atoms with Crippen molar-refractivity contribution in [2.75, 3.05) is 6.61 Å². The number of ether oxygens (including phenoxy) is 3. The lowest BCUT2D eigenvalue weighted by molar-refractivity contribution is -0.103. The molecule has 5 atom stereocenters. The molecule has 0 unspecified atom stereocenters. The molecule has 0 bridgehead atoms. The number of rotatable bonds is 19. The van der Waals surface area contributed by atoms with E-state index in [1.807, 2.05) is 18.2 Å². The van der Waals surface area contributed by atoms with E-state index in [0.29, 0.717) is 13.2 Å². The molecule has 1 aromatic rings. The Bertz CT molecular complexity index is 636. The first-order valence-corrected chi connectivity index (χ1v) is 14.9. The van der Waals surface area contributed by atoms with Crippen molar-refractivity contribution in [1.29, 1.82) is 0 Å². The summed E-state index contributed by atoms with van der Waals surface area (Å²) in [5, 5.41) is 10.7. The zero-order valence-electron chi connectivity index (χ0n) is 22.4. The molecule has 4 heteroatoms. The van der Waals surface area contributed by atoms with Crippen molar-refractivity contribution in [3.05, 3.63) is 35.9 Å². The summed E-state index contributed by atoms with van der Waals surface area (Å²) >= 11 is 0. The van der Waals surface area contributed by atoms with Gasteiger partial charge in [-0.1, -0.05) is 114 Å². The predicted octanol–water partition coefficient (Wildman–Crippen LogP) is 7.75. The lowest BCUT2D eigenvalue weighted by Crippen LogP contribution is -2.31. The number of aliphatic hydroxyl groups excluding tert-OH is 1. The van der Waals surface area contributed by atoms with Crippen LogP contribution in [0.2, 0.25) is 0 Å². The Hall–Kier alpha value is -0.940. The maximum absolute atomic E-state index is 10.7. The quantitative estimate of drug-likeness (QED) is 0.202. The summed E-state index contributed by atoms with van der Waals surface area (Å²) in [7, 11) is 0. The fourth-order valence-corrected chi connectivity index (χ4v) is 5.64. The minimum Gasteiger partial charge on any atom is -0.390 e. The van der Waals surface area contributed by atoms with Gasteiger partial charge >= 0.3 is 0 Å². The van der Waals surface area contributed by atoms with Crippen LogP contribution in [0.15, 0.2) is 30.3 Å².